The second-order valence-electron chi connectivity index (χ2n) is 7.80. The van der Waals surface area contributed by atoms with Gasteiger partial charge in [0.2, 0.25) is 0 Å². The highest BCUT2D eigenvalue weighted by Crippen LogP contribution is 2.32. The lowest BCUT2D eigenvalue weighted by atomic mass is 9.83. The zero-order chi connectivity index (χ0) is 18.4. The maximum absolute atomic E-state index is 12.8. The molecular formula is C23H30NO2+. The predicted molar refractivity (Wildman–Crippen MR) is 104 cm³/mol. The van der Waals surface area contributed by atoms with Gasteiger partial charge in [0.05, 0.1) is 19.5 Å². The molecule has 138 valence electrons. The van der Waals surface area contributed by atoms with Crippen molar-refractivity contribution in [1.82, 2.24) is 0 Å². The number of hydrogen-bond donors (Lipinski definition) is 1. The van der Waals surface area contributed by atoms with Crippen molar-refractivity contribution in [1.29, 1.82) is 0 Å². The topological polar surface area (TPSA) is 42.9 Å². The van der Waals surface area contributed by atoms with Gasteiger partial charge in [0.25, 0.3) is 0 Å². The van der Waals surface area contributed by atoms with Crippen LogP contribution in [0.25, 0.3) is 0 Å². The van der Waals surface area contributed by atoms with E-state index in [4.69, 9.17) is 4.74 Å². The van der Waals surface area contributed by atoms with Gasteiger partial charge >= 0.3 is 5.97 Å². The summed E-state index contributed by atoms with van der Waals surface area (Å²) in [6, 6.07) is 20.5. The Bertz CT molecular complexity index is 651. The molecule has 2 aromatic rings. The van der Waals surface area contributed by atoms with Crippen molar-refractivity contribution in [2.75, 3.05) is 13.1 Å². The fourth-order valence-corrected chi connectivity index (χ4v) is 4.01. The third-order valence-corrected chi connectivity index (χ3v) is 5.57. The van der Waals surface area contributed by atoms with Crippen LogP contribution < -0.4 is 5.32 Å². The molecule has 2 aromatic carbocycles. The second kappa shape index (κ2) is 8.50. The van der Waals surface area contributed by atoms with E-state index in [1.165, 1.54) is 0 Å². The Balaban J connectivity index is 1.73. The fraction of sp³-hybridized carbons (Fsp3) is 0.435. The fourth-order valence-electron chi connectivity index (χ4n) is 4.01. The quantitative estimate of drug-likeness (QED) is 0.809. The van der Waals surface area contributed by atoms with Gasteiger partial charge in [-0.3, -0.25) is 4.79 Å². The average Bonchev–Trinajstić information content (AvgIpc) is 2.68. The van der Waals surface area contributed by atoms with Crippen LogP contribution in [-0.4, -0.2) is 24.7 Å². The number of quaternary nitrogens is 1. The largest absolute Gasteiger partial charge is 0.459 e. The van der Waals surface area contributed by atoms with Gasteiger partial charge < -0.3 is 10.1 Å². The van der Waals surface area contributed by atoms with Crippen molar-refractivity contribution in [3.63, 3.8) is 0 Å². The number of ether oxygens (including phenoxy) is 1. The summed E-state index contributed by atoms with van der Waals surface area (Å²) in [6.07, 6.45) is 2.60. The molecule has 3 rings (SSSR count). The van der Waals surface area contributed by atoms with E-state index in [2.05, 4.69) is 43.4 Å². The van der Waals surface area contributed by atoms with Crippen molar-refractivity contribution in [3.05, 3.63) is 71.8 Å². The summed E-state index contributed by atoms with van der Waals surface area (Å²) in [6.45, 7) is 6.40. The van der Waals surface area contributed by atoms with E-state index in [1.54, 1.807) is 0 Å². The minimum atomic E-state index is -0.400. The van der Waals surface area contributed by atoms with Gasteiger partial charge in [-0.1, -0.05) is 60.7 Å². The molecule has 0 radical (unpaired) electrons. The van der Waals surface area contributed by atoms with E-state index < -0.39 is 5.60 Å². The van der Waals surface area contributed by atoms with Crippen molar-refractivity contribution < 1.29 is 14.8 Å². The molecule has 3 heteroatoms. The highest BCUT2D eigenvalue weighted by Gasteiger charge is 2.35. The van der Waals surface area contributed by atoms with Crippen LogP contribution in [-0.2, 0) is 9.53 Å². The summed E-state index contributed by atoms with van der Waals surface area (Å²) in [7, 11) is 0. The lowest BCUT2D eigenvalue weighted by molar-refractivity contribution is -0.665. The second-order valence-corrected chi connectivity index (χ2v) is 7.80. The number of benzene rings is 2. The Morgan fingerprint density at radius 2 is 1.50 bits per heavy atom. The standard InChI is InChI=1S/C23H29NO2/c1-23(2,20-13-15-24-16-14-20)26-22(25)17-21(18-9-5-3-6-10-18)19-11-7-4-8-12-19/h3-12,20-21,24H,13-17H2,1-2H3/p+1. The van der Waals surface area contributed by atoms with E-state index in [9.17, 15) is 4.79 Å². The SMILES string of the molecule is CC(C)(OC(=O)CC(c1ccccc1)c1ccccc1)C1CC[NH2+]CC1. The van der Waals surface area contributed by atoms with Crippen LogP contribution in [0.2, 0.25) is 0 Å². The number of nitrogens with two attached hydrogens (primary N) is 1. The molecule has 0 aliphatic carbocycles. The molecule has 0 amide bonds. The van der Waals surface area contributed by atoms with Gasteiger partial charge in [-0.2, -0.15) is 0 Å². The molecule has 1 aliphatic rings. The number of carbonyl (C=O) groups excluding carboxylic acids is 1. The molecule has 1 aliphatic heterocycles. The number of piperidine rings is 1. The average molecular weight is 352 g/mol. The monoisotopic (exact) mass is 352 g/mol. The molecule has 0 saturated carbocycles. The highest BCUT2D eigenvalue weighted by atomic mass is 16.6. The number of carbonyl (C=O) groups is 1. The Morgan fingerprint density at radius 1 is 1.00 bits per heavy atom. The third kappa shape index (κ3) is 4.73. The Kier molecular flexibility index (Phi) is 6.10. The van der Waals surface area contributed by atoms with E-state index in [0.717, 1.165) is 37.1 Å². The van der Waals surface area contributed by atoms with Crippen LogP contribution in [0.4, 0.5) is 0 Å². The maximum atomic E-state index is 12.8. The Hall–Kier alpha value is -2.13. The Labute approximate surface area is 156 Å². The van der Waals surface area contributed by atoms with Crippen molar-refractivity contribution in [3.8, 4) is 0 Å². The summed E-state index contributed by atoms with van der Waals surface area (Å²) in [4.78, 5) is 12.8. The normalized spacial score (nSPS) is 15.8. The first-order chi connectivity index (χ1) is 12.6. The van der Waals surface area contributed by atoms with Crippen LogP contribution in [0.1, 0.15) is 50.2 Å². The summed E-state index contributed by atoms with van der Waals surface area (Å²) in [5.74, 6) is 0.367. The van der Waals surface area contributed by atoms with Crippen LogP contribution in [0.15, 0.2) is 60.7 Å². The molecular weight excluding hydrogens is 322 g/mol. The predicted octanol–water partition coefficient (Wildman–Crippen LogP) is 3.50. The molecule has 2 N–H and O–H groups in total. The van der Waals surface area contributed by atoms with E-state index in [-0.39, 0.29) is 11.9 Å². The lowest BCUT2D eigenvalue weighted by Gasteiger charge is -2.36. The minimum Gasteiger partial charge on any atom is -0.459 e. The summed E-state index contributed by atoms with van der Waals surface area (Å²) in [5, 5.41) is 2.34. The van der Waals surface area contributed by atoms with Gasteiger partial charge in [0.1, 0.15) is 5.60 Å². The molecule has 1 saturated heterocycles. The molecule has 3 nitrogen and oxygen atoms in total. The first-order valence-corrected chi connectivity index (χ1v) is 9.69. The van der Waals surface area contributed by atoms with E-state index >= 15 is 0 Å². The minimum absolute atomic E-state index is 0.0281. The van der Waals surface area contributed by atoms with E-state index in [0.29, 0.717) is 12.3 Å². The van der Waals surface area contributed by atoms with Gasteiger partial charge in [-0.15, -0.1) is 0 Å². The maximum Gasteiger partial charge on any atom is 0.307 e. The van der Waals surface area contributed by atoms with Gasteiger partial charge in [-0.25, -0.2) is 0 Å². The first-order valence-electron chi connectivity index (χ1n) is 9.69. The third-order valence-electron chi connectivity index (χ3n) is 5.57. The van der Waals surface area contributed by atoms with Crippen LogP contribution in [0, 0.1) is 5.92 Å². The number of rotatable bonds is 6. The molecule has 1 heterocycles. The molecule has 0 unspecified atom stereocenters. The zero-order valence-corrected chi connectivity index (χ0v) is 15.9. The number of esters is 1. The smallest absolute Gasteiger partial charge is 0.307 e. The number of hydrogen-bond acceptors (Lipinski definition) is 2. The molecule has 1 fully saturated rings. The van der Waals surface area contributed by atoms with Gasteiger partial charge in [0.15, 0.2) is 0 Å². The van der Waals surface area contributed by atoms with Gasteiger partial charge in [-0.05, 0) is 25.0 Å². The zero-order valence-electron chi connectivity index (χ0n) is 15.9. The van der Waals surface area contributed by atoms with E-state index in [1.807, 2.05) is 36.4 Å². The lowest BCUT2D eigenvalue weighted by Crippen LogP contribution is -2.86. The van der Waals surface area contributed by atoms with Crippen LogP contribution in [0.3, 0.4) is 0 Å². The molecule has 0 aromatic heterocycles. The highest BCUT2D eigenvalue weighted by molar-refractivity contribution is 5.72. The molecule has 26 heavy (non-hydrogen) atoms. The van der Waals surface area contributed by atoms with Crippen molar-refractivity contribution in [2.24, 2.45) is 5.92 Å². The first kappa shape index (κ1) is 18.7. The summed E-state index contributed by atoms with van der Waals surface area (Å²) >= 11 is 0. The molecule has 0 atom stereocenters. The van der Waals surface area contributed by atoms with Crippen LogP contribution in [0.5, 0.6) is 0 Å². The van der Waals surface area contributed by atoms with Crippen molar-refractivity contribution in [2.45, 2.75) is 44.6 Å². The Morgan fingerprint density at radius 3 is 2.00 bits per heavy atom. The van der Waals surface area contributed by atoms with Gasteiger partial charge in [0, 0.05) is 24.7 Å². The van der Waals surface area contributed by atoms with Crippen molar-refractivity contribution >= 4 is 5.97 Å². The summed E-state index contributed by atoms with van der Waals surface area (Å²) < 4.78 is 6.00. The summed E-state index contributed by atoms with van der Waals surface area (Å²) in [5.41, 5.74) is 1.91. The van der Waals surface area contributed by atoms with Crippen LogP contribution >= 0.6 is 0 Å². The molecule has 0 bridgehead atoms. The molecule has 0 spiro atoms.